The van der Waals surface area contributed by atoms with Gasteiger partial charge in [-0.2, -0.15) is 0 Å². The average Bonchev–Trinajstić information content (AvgIpc) is 3.31. The number of benzene rings is 1. The molecule has 0 bridgehead atoms. The summed E-state index contributed by atoms with van der Waals surface area (Å²) in [5.41, 5.74) is 3.12. The SMILES string of the molecule is c1ccc2c(c1)CNCCC2N(CC1CC1)C1CC1. The molecule has 2 heteroatoms. The summed E-state index contributed by atoms with van der Waals surface area (Å²) in [6.07, 6.45) is 7.07. The molecule has 2 aliphatic carbocycles. The highest BCUT2D eigenvalue weighted by Crippen LogP contribution is 2.41. The predicted octanol–water partition coefficient (Wildman–Crippen LogP) is 3.10. The third kappa shape index (κ3) is 2.56. The third-order valence-electron chi connectivity index (χ3n) is 4.91. The number of nitrogens with zero attached hydrogens (tertiary/aromatic N) is 1. The Labute approximate surface area is 116 Å². The van der Waals surface area contributed by atoms with Crippen LogP contribution in [-0.2, 0) is 6.54 Å². The zero-order valence-corrected chi connectivity index (χ0v) is 11.6. The average molecular weight is 256 g/mol. The lowest BCUT2D eigenvalue weighted by Gasteiger charge is -2.32. The largest absolute Gasteiger partial charge is 0.313 e. The molecule has 0 amide bonds. The first-order chi connectivity index (χ1) is 9.42. The van der Waals surface area contributed by atoms with Crippen molar-refractivity contribution in [2.24, 2.45) is 5.92 Å². The summed E-state index contributed by atoms with van der Waals surface area (Å²) in [5, 5.41) is 3.59. The maximum Gasteiger partial charge on any atom is 0.0366 e. The molecule has 102 valence electrons. The van der Waals surface area contributed by atoms with Crippen LogP contribution in [0.25, 0.3) is 0 Å². The Bertz CT molecular complexity index is 448. The van der Waals surface area contributed by atoms with E-state index in [1.54, 1.807) is 5.56 Å². The van der Waals surface area contributed by atoms with E-state index >= 15 is 0 Å². The molecule has 4 rings (SSSR count). The first-order valence-electron chi connectivity index (χ1n) is 7.96. The van der Waals surface area contributed by atoms with Crippen LogP contribution in [-0.4, -0.2) is 24.0 Å². The van der Waals surface area contributed by atoms with Crippen molar-refractivity contribution in [1.82, 2.24) is 10.2 Å². The summed E-state index contributed by atoms with van der Waals surface area (Å²) in [7, 11) is 0. The summed E-state index contributed by atoms with van der Waals surface area (Å²) in [6.45, 7) is 3.56. The highest BCUT2D eigenvalue weighted by Gasteiger charge is 2.38. The van der Waals surface area contributed by atoms with Crippen molar-refractivity contribution >= 4 is 0 Å². The molecule has 1 heterocycles. The Kier molecular flexibility index (Phi) is 3.08. The number of hydrogen-bond donors (Lipinski definition) is 1. The summed E-state index contributed by atoms with van der Waals surface area (Å²) in [5.74, 6) is 1.00. The lowest BCUT2D eigenvalue weighted by molar-refractivity contribution is 0.171. The zero-order chi connectivity index (χ0) is 12.7. The number of fused-ring (bicyclic) bond motifs is 1. The molecular weight excluding hydrogens is 232 g/mol. The number of nitrogens with one attached hydrogen (secondary N) is 1. The normalized spacial score (nSPS) is 27.1. The van der Waals surface area contributed by atoms with E-state index in [2.05, 4.69) is 34.5 Å². The topological polar surface area (TPSA) is 15.3 Å². The van der Waals surface area contributed by atoms with Crippen molar-refractivity contribution in [2.75, 3.05) is 13.1 Å². The minimum Gasteiger partial charge on any atom is -0.313 e. The fourth-order valence-corrected chi connectivity index (χ4v) is 3.52. The van der Waals surface area contributed by atoms with Crippen molar-refractivity contribution in [3.8, 4) is 0 Å². The molecule has 3 aliphatic rings. The van der Waals surface area contributed by atoms with Crippen molar-refractivity contribution in [2.45, 2.75) is 50.7 Å². The van der Waals surface area contributed by atoms with Gasteiger partial charge in [0.15, 0.2) is 0 Å². The van der Waals surface area contributed by atoms with Crippen molar-refractivity contribution in [3.05, 3.63) is 35.4 Å². The van der Waals surface area contributed by atoms with E-state index in [1.807, 2.05) is 0 Å². The minimum atomic E-state index is 0.666. The summed E-state index contributed by atoms with van der Waals surface area (Å²) >= 11 is 0. The lowest BCUT2D eigenvalue weighted by atomic mass is 9.97. The molecule has 19 heavy (non-hydrogen) atoms. The Morgan fingerprint density at radius 1 is 1.05 bits per heavy atom. The highest BCUT2D eigenvalue weighted by molar-refractivity contribution is 5.31. The molecule has 2 fully saturated rings. The monoisotopic (exact) mass is 256 g/mol. The van der Waals surface area contributed by atoms with Gasteiger partial charge in [-0.25, -0.2) is 0 Å². The molecule has 1 aromatic rings. The van der Waals surface area contributed by atoms with E-state index in [9.17, 15) is 0 Å². The van der Waals surface area contributed by atoms with Crippen LogP contribution in [0.3, 0.4) is 0 Å². The second-order valence-corrected chi connectivity index (χ2v) is 6.55. The molecule has 2 nitrogen and oxygen atoms in total. The van der Waals surface area contributed by atoms with E-state index in [0.29, 0.717) is 6.04 Å². The number of rotatable bonds is 4. The fourth-order valence-electron chi connectivity index (χ4n) is 3.52. The van der Waals surface area contributed by atoms with Gasteiger partial charge in [-0.05, 0) is 55.7 Å². The minimum absolute atomic E-state index is 0.666. The Morgan fingerprint density at radius 3 is 2.68 bits per heavy atom. The van der Waals surface area contributed by atoms with Gasteiger partial charge in [-0.3, -0.25) is 4.90 Å². The van der Waals surface area contributed by atoms with Gasteiger partial charge >= 0.3 is 0 Å². The van der Waals surface area contributed by atoms with Gasteiger partial charge in [0.25, 0.3) is 0 Å². The molecule has 1 atom stereocenters. The van der Waals surface area contributed by atoms with Crippen LogP contribution in [0.5, 0.6) is 0 Å². The molecule has 1 aliphatic heterocycles. The first kappa shape index (κ1) is 11.9. The summed E-state index contributed by atoms with van der Waals surface area (Å²) < 4.78 is 0. The van der Waals surface area contributed by atoms with E-state index < -0.39 is 0 Å². The van der Waals surface area contributed by atoms with Crippen molar-refractivity contribution < 1.29 is 0 Å². The molecular formula is C17H24N2. The lowest BCUT2D eigenvalue weighted by Crippen LogP contribution is -2.33. The van der Waals surface area contributed by atoms with Crippen LogP contribution in [0, 0.1) is 5.92 Å². The molecule has 2 saturated carbocycles. The van der Waals surface area contributed by atoms with Gasteiger partial charge in [0.1, 0.15) is 0 Å². The quantitative estimate of drug-likeness (QED) is 0.890. The maximum absolute atomic E-state index is 3.59. The van der Waals surface area contributed by atoms with Crippen LogP contribution >= 0.6 is 0 Å². The molecule has 0 saturated heterocycles. The number of hydrogen-bond acceptors (Lipinski definition) is 2. The third-order valence-corrected chi connectivity index (χ3v) is 4.91. The van der Waals surface area contributed by atoms with E-state index in [0.717, 1.165) is 25.0 Å². The van der Waals surface area contributed by atoms with Gasteiger partial charge in [-0.15, -0.1) is 0 Å². The second kappa shape index (κ2) is 4.92. The molecule has 1 N–H and O–H groups in total. The van der Waals surface area contributed by atoms with E-state index in [4.69, 9.17) is 0 Å². The van der Waals surface area contributed by atoms with E-state index in [-0.39, 0.29) is 0 Å². The van der Waals surface area contributed by atoms with Gasteiger partial charge < -0.3 is 5.32 Å². The standard InChI is InChI=1S/C17H24N2/c1-2-4-16-14(3-1)11-18-10-9-17(16)19(15-7-8-15)12-13-5-6-13/h1-4,13,15,17-18H,5-12H2. The van der Waals surface area contributed by atoms with Crippen molar-refractivity contribution in [1.29, 1.82) is 0 Å². The molecule has 1 aromatic carbocycles. The first-order valence-corrected chi connectivity index (χ1v) is 7.96. The van der Waals surface area contributed by atoms with Crippen LogP contribution in [0.2, 0.25) is 0 Å². The van der Waals surface area contributed by atoms with Gasteiger partial charge in [0, 0.05) is 25.2 Å². The van der Waals surface area contributed by atoms with E-state index in [1.165, 1.54) is 44.2 Å². The summed E-state index contributed by atoms with van der Waals surface area (Å²) in [6, 6.07) is 10.6. The zero-order valence-electron chi connectivity index (χ0n) is 11.6. The Morgan fingerprint density at radius 2 is 1.89 bits per heavy atom. The van der Waals surface area contributed by atoms with Crippen molar-refractivity contribution in [3.63, 3.8) is 0 Å². The van der Waals surface area contributed by atoms with Crippen LogP contribution in [0.15, 0.2) is 24.3 Å². The van der Waals surface area contributed by atoms with Crippen LogP contribution in [0.1, 0.15) is 49.3 Å². The predicted molar refractivity (Wildman–Crippen MR) is 78.0 cm³/mol. The maximum atomic E-state index is 3.59. The molecule has 0 spiro atoms. The fraction of sp³-hybridized carbons (Fsp3) is 0.647. The van der Waals surface area contributed by atoms with Crippen LogP contribution < -0.4 is 5.32 Å². The molecule has 0 radical (unpaired) electrons. The summed E-state index contributed by atoms with van der Waals surface area (Å²) in [4.78, 5) is 2.85. The van der Waals surface area contributed by atoms with Crippen LogP contribution in [0.4, 0.5) is 0 Å². The molecule has 0 aromatic heterocycles. The van der Waals surface area contributed by atoms with Gasteiger partial charge in [-0.1, -0.05) is 24.3 Å². The second-order valence-electron chi connectivity index (χ2n) is 6.55. The van der Waals surface area contributed by atoms with Gasteiger partial charge in [0.05, 0.1) is 0 Å². The van der Waals surface area contributed by atoms with Gasteiger partial charge in [0.2, 0.25) is 0 Å². The Hall–Kier alpha value is -0.860. The highest BCUT2D eigenvalue weighted by atomic mass is 15.2. The molecule has 1 unspecified atom stereocenters. The Balaban J connectivity index is 1.63. The smallest absolute Gasteiger partial charge is 0.0366 e.